The molecular formula is C17H16BrNO. The first kappa shape index (κ1) is 13.3. The lowest BCUT2D eigenvalue weighted by atomic mass is 10.1. The number of rotatable bonds is 4. The van der Waals surface area contributed by atoms with Crippen LogP contribution in [0.15, 0.2) is 57.4 Å². The van der Waals surface area contributed by atoms with Crippen LogP contribution < -0.4 is 5.32 Å². The minimum Gasteiger partial charge on any atom is -0.459 e. The Labute approximate surface area is 126 Å². The number of anilines is 1. The maximum absolute atomic E-state index is 5.82. The van der Waals surface area contributed by atoms with E-state index in [1.165, 1.54) is 5.56 Å². The third-order valence-electron chi connectivity index (χ3n) is 3.38. The van der Waals surface area contributed by atoms with Crippen LogP contribution in [0.2, 0.25) is 0 Å². The first-order valence-electron chi connectivity index (χ1n) is 6.76. The molecule has 2 aromatic carbocycles. The molecular weight excluding hydrogens is 314 g/mol. The molecule has 3 aromatic rings. The van der Waals surface area contributed by atoms with E-state index in [0.29, 0.717) is 6.54 Å². The highest BCUT2D eigenvalue weighted by molar-refractivity contribution is 9.10. The molecule has 20 heavy (non-hydrogen) atoms. The predicted molar refractivity (Wildman–Crippen MR) is 87.1 cm³/mol. The van der Waals surface area contributed by atoms with Crippen molar-refractivity contribution in [1.29, 1.82) is 0 Å². The fourth-order valence-electron chi connectivity index (χ4n) is 2.33. The summed E-state index contributed by atoms with van der Waals surface area (Å²) in [6.07, 6.45) is 1.00. The molecule has 0 aliphatic rings. The molecule has 1 N–H and O–H groups in total. The summed E-state index contributed by atoms with van der Waals surface area (Å²) < 4.78 is 6.93. The van der Waals surface area contributed by atoms with Gasteiger partial charge < -0.3 is 9.73 Å². The van der Waals surface area contributed by atoms with E-state index in [1.807, 2.05) is 18.2 Å². The van der Waals surface area contributed by atoms with E-state index < -0.39 is 0 Å². The van der Waals surface area contributed by atoms with Gasteiger partial charge in [-0.3, -0.25) is 0 Å². The molecule has 3 heteroatoms. The van der Waals surface area contributed by atoms with Crippen LogP contribution in [-0.4, -0.2) is 0 Å². The highest BCUT2D eigenvalue weighted by atomic mass is 79.9. The number of nitrogens with one attached hydrogen (secondary N) is 1. The van der Waals surface area contributed by atoms with Crippen LogP contribution in [0, 0.1) is 0 Å². The molecule has 2 nitrogen and oxygen atoms in total. The first-order chi connectivity index (χ1) is 9.76. The number of furan rings is 1. The van der Waals surface area contributed by atoms with Gasteiger partial charge in [0, 0.05) is 15.5 Å². The Morgan fingerprint density at radius 3 is 2.75 bits per heavy atom. The molecule has 0 fully saturated rings. The molecule has 0 saturated carbocycles. The fourth-order valence-corrected chi connectivity index (χ4v) is 2.74. The Hall–Kier alpha value is -1.74. The summed E-state index contributed by atoms with van der Waals surface area (Å²) in [6, 6.07) is 16.5. The molecule has 0 radical (unpaired) electrons. The van der Waals surface area contributed by atoms with Gasteiger partial charge in [0.15, 0.2) is 0 Å². The van der Waals surface area contributed by atoms with Crippen molar-refractivity contribution in [2.24, 2.45) is 0 Å². The van der Waals surface area contributed by atoms with E-state index in [-0.39, 0.29) is 0 Å². The number of fused-ring (bicyclic) bond motifs is 1. The van der Waals surface area contributed by atoms with E-state index in [9.17, 15) is 0 Å². The van der Waals surface area contributed by atoms with Gasteiger partial charge in [-0.25, -0.2) is 0 Å². The third-order valence-corrected chi connectivity index (χ3v) is 3.87. The average molecular weight is 330 g/mol. The molecule has 0 saturated heterocycles. The zero-order valence-corrected chi connectivity index (χ0v) is 12.9. The van der Waals surface area contributed by atoms with Crippen LogP contribution in [0.4, 0.5) is 5.69 Å². The van der Waals surface area contributed by atoms with Crippen LogP contribution in [0.1, 0.15) is 18.2 Å². The molecule has 0 atom stereocenters. The van der Waals surface area contributed by atoms with Crippen LogP contribution in [0.5, 0.6) is 0 Å². The van der Waals surface area contributed by atoms with Gasteiger partial charge in [0.2, 0.25) is 0 Å². The average Bonchev–Trinajstić information content (AvgIpc) is 2.88. The van der Waals surface area contributed by atoms with Gasteiger partial charge in [0.1, 0.15) is 11.3 Å². The van der Waals surface area contributed by atoms with Gasteiger partial charge in [-0.2, -0.15) is 0 Å². The Morgan fingerprint density at radius 1 is 1.10 bits per heavy atom. The van der Waals surface area contributed by atoms with Crippen LogP contribution in [-0.2, 0) is 13.0 Å². The Balaban J connectivity index is 1.79. The van der Waals surface area contributed by atoms with E-state index in [4.69, 9.17) is 4.42 Å². The minimum atomic E-state index is 0.698. The van der Waals surface area contributed by atoms with Crippen molar-refractivity contribution in [2.75, 3.05) is 5.32 Å². The SMILES string of the molecule is CCc1cc(Br)ccc1NCc1cc2ccccc2o1. The van der Waals surface area contributed by atoms with E-state index in [1.54, 1.807) is 0 Å². The monoisotopic (exact) mass is 329 g/mol. The number of benzene rings is 2. The van der Waals surface area contributed by atoms with Crippen molar-refractivity contribution in [3.63, 3.8) is 0 Å². The molecule has 3 rings (SSSR count). The summed E-state index contributed by atoms with van der Waals surface area (Å²) in [6.45, 7) is 2.86. The molecule has 102 valence electrons. The molecule has 0 bridgehead atoms. The van der Waals surface area contributed by atoms with Crippen LogP contribution in [0.3, 0.4) is 0 Å². The summed E-state index contributed by atoms with van der Waals surface area (Å²) >= 11 is 3.51. The van der Waals surface area contributed by atoms with E-state index in [0.717, 1.165) is 33.3 Å². The van der Waals surface area contributed by atoms with Crippen LogP contribution in [0.25, 0.3) is 11.0 Å². The predicted octanol–water partition coefficient (Wildman–Crippen LogP) is 5.37. The summed E-state index contributed by atoms with van der Waals surface area (Å²) in [5, 5.41) is 4.60. The maximum atomic E-state index is 5.82. The van der Waals surface area contributed by atoms with Gasteiger partial charge in [-0.1, -0.05) is 41.1 Å². The lowest BCUT2D eigenvalue weighted by Crippen LogP contribution is -2.01. The standard InChI is InChI=1S/C17H16BrNO/c1-2-12-9-14(18)7-8-16(12)19-11-15-10-13-5-3-4-6-17(13)20-15/h3-10,19H,2,11H2,1H3. The summed E-state index contributed by atoms with van der Waals surface area (Å²) in [5.74, 6) is 0.955. The molecule has 1 heterocycles. The van der Waals surface area contributed by atoms with Gasteiger partial charge in [-0.05, 0) is 42.3 Å². The summed E-state index contributed by atoms with van der Waals surface area (Å²) in [5.41, 5.74) is 3.41. The molecule has 0 amide bonds. The Morgan fingerprint density at radius 2 is 1.95 bits per heavy atom. The minimum absolute atomic E-state index is 0.698. The fraction of sp³-hybridized carbons (Fsp3) is 0.176. The molecule has 1 aromatic heterocycles. The summed E-state index contributed by atoms with van der Waals surface area (Å²) in [7, 11) is 0. The van der Waals surface area contributed by atoms with Crippen molar-refractivity contribution >= 4 is 32.6 Å². The van der Waals surface area contributed by atoms with Crippen LogP contribution >= 0.6 is 15.9 Å². The maximum Gasteiger partial charge on any atom is 0.134 e. The zero-order valence-electron chi connectivity index (χ0n) is 11.3. The van der Waals surface area contributed by atoms with E-state index in [2.05, 4.69) is 58.5 Å². The van der Waals surface area contributed by atoms with Gasteiger partial charge in [0.05, 0.1) is 6.54 Å². The molecule has 0 unspecified atom stereocenters. The van der Waals surface area contributed by atoms with Crippen molar-refractivity contribution in [2.45, 2.75) is 19.9 Å². The van der Waals surface area contributed by atoms with Crippen molar-refractivity contribution in [1.82, 2.24) is 0 Å². The number of para-hydroxylation sites is 1. The third kappa shape index (κ3) is 2.73. The zero-order chi connectivity index (χ0) is 13.9. The Kier molecular flexibility index (Phi) is 3.79. The molecule has 0 aliphatic heterocycles. The Bertz CT molecular complexity index is 700. The highest BCUT2D eigenvalue weighted by Crippen LogP contribution is 2.24. The van der Waals surface area contributed by atoms with Crippen molar-refractivity contribution < 1.29 is 4.42 Å². The second-order valence-electron chi connectivity index (χ2n) is 4.76. The molecule has 0 aliphatic carbocycles. The lowest BCUT2D eigenvalue weighted by molar-refractivity contribution is 0.559. The second kappa shape index (κ2) is 5.71. The van der Waals surface area contributed by atoms with Crippen molar-refractivity contribution in [3.8, 4) is 0 Å². The normalized spacial score (nSPS) is 10.9. The van der Waals surface area contributed by atoms with E-state index >= 15 is 0 Å². The highest BCUT2D eigenvalue weighted by Gasteiger charge is 2.05. The van der Waals surface area contributed by atoms with Gasteiger partial charge in [0.25, 0.3) is 0 Å². The topological polar surface area (TPSA) is 25.2 Å². The quantitative estimate of drug-likeness (QED) is 0.696. The number of hydrogen-bond donors (Lipinski definition) is 1. The first-order valence-corrected chi connectivity index (χ1v) is 7.55. The number of aryl methyl sites for hydroxylation is 1. The summed E-state index contributed by atoms with van der Waals surface area (Å²) in [4.78, 5) is 0. The number of halogens is 1. The second-order valence-corrected chi connectivity index (χ2v) is 5.67. The number of hydrogen-bond acceptors (Lipinski definition) is 2. The lowest BCUT2D eigenvalue weighted by Gasteiger charge is -2.10. The van der Waals surface area contributed by atoms with Crippen molar-refractivity contribution in [3.05, 3.63) is 64.3 Å². The molecule has 0 spiro atoms. The van der Waals surface area contributed by atoms with Gasteiger partial charge >= 0.3 is 0 Å². The smallest absolute Gasteiger partial charge is 0.134 e. The van der Waals surface area contributed by atoms with Gasteiger partial charge in [-0.15, -0.1) is 0 Å². The largest absolute Gasteiger partial charge is 0.459 e.